The van der Waals surface area contributed by atoms with Gasteiger partial charge in [-0.2, -0.15) is 0 Å². The first-order valence-electron chi connectivity index (χ1n) is 4.67. The molecular formula is C10H11Cl2F3N2O. The highest BCUT2D eigenvalue weighted by molar-refractivity contribution is 6.33. The van der Waals surface area contributed by atoms with Crippen LogP contribution in [0.5, 0.6) is 0 Å². The van der Waals surface area contributed by atoms with E-state index in [-0.39, 0.29) is 17.4 Å². The number of hydrogen-bond donors (Lipinski definition) is 2. The van der Waals surface area contributed by atoms with E-state index >= 15 is 0 Å². The van der Waals surface area contributed by atoms with Gasteiger partial charge in [-0.1, -0.05) is 17.7 Å². The number of halogens is 5. The molecule has 18 heavy (non-hydrogen) atoms. The number of carbonyl (C=O) groups is 1. The Morgan fingerprint density at radius 1 is 1.44 bits per heavy atom. The Labute approximate surface area is 113 Å². The molecule has 1 aromatic carbocycles. The number of amides is 1. The number of benzene rings is 1. The molecule has 0 saturated carbocycles. The Hall–Kier alpha value is -0.980. The van der Waals surface area contributed by atoms with E-state index in [0.717, 1.165) is 6.07 Å². The van der Waals surface area contributed by atoms with Crippen LogP contribution in [0.3, 0.4) is 0 Å². The summed E-state index contributed by atoms with van der Waals surface area (Å²) < 4.78 is 38.8. The van der Waals surface area contributed by atoms with Crippen molar-refractivity contribution in [1.82, 2.24) is 5.32 Å². The van der Waals surface area contributed by atoms with Gasteiger partial charge >= 0.3 is 0 Å². The summed E-state index contributed by atoms with van der Waals surface area (Å²) in [5, 5.41) is 1.74. The highest BCUT2D eigenvalue weighted by atomic mass is 35.5. The lowest BCUT2D eigenvalue weighted by atomic mass is 10.2. The minimum absolute atomic E-state index is 0. The fourth-order valence-electron chi connectivity index (χ4n) is 1.08. The molecule has 1 rings (SSSR count). The molecule has 0 atom stereocenters. The Kier molecular flexibility index (Phi) is 6.45. The lowest BCUT2D eigenvalue weighted by Crippen LogP contribution is -2.41. The third kappa shape index (κ3) is 4.36. The number of alkyl halides is 2. The second-order valence-corrected chi connectivity index (χ2v) is 3.75. The normalized spacial score (nSPS) is 10.7. The third-order valence-electron chi connectivity index (χ3n) is 2.00. The topological polar surface area (TPSA) is 55.1 Å². The Morgan fingerprint density at radius 3 is 2.56 bits per heavy atom. The molecule has 0 spiro atoms. The molecule has 1 aromatic rings. The van der Waals surface area contributed by atoms with Gasteiger partial charge in [0.2, 0.25) is 0 Å². The molecule has 0 aromatic heterocycles. The summed E-state index contributed by atoms with van der Waals surface area (Å²) in [4.78, 5) is 11.4. The molecule has 102 valence electrons. The van der Waals surface area contributed by atoms with E-state index in [1.807, 2.05) is 5.32 Å². The Morgan fingerprint density at radius 2 is 2.06 bits per heavy atom. The van der Waals surface area contributed by atoms with Crippen molar-refractivity contribution in [1.29, 1.82) is 0 Å². The van der Waals surface area contributed by atoms with Crippen molar-refractivity contribution >= 4 is 29.9 Å². The summed E-state index contributed by atoms with van der Waals surface area (Å²) in [6.07, 6.45) is 0. The summed E-state index contributed by atoms with van der Waals surface area (Å²) in [6, 6.07) is 3.62. The van der Waals surface area contributed by atoms with Crippen molar-refractivity contribution < 1.29 is 18.0 Å². The predicted octanol–water partition coefficient (Wildman–Crippen LogP) is 2.22. The first-order valence-corrected chi connectivity index (χ1v) is 5.05. The van der Waals surface area contributed by atoms with E-state index in [1.165, 1.54) is 12.1 Å². The fourth-order valence-corrected chi connectivity index (χ4v) is 1.33. The molecule has 8 heteroatoms. The van der Waals surface area contributed by atoms with Crippen LogP contribution in [-0.4, -0.2) is 24.9 Å². The summed E-state index contributed by atoms with van der Waals surface area (Å²) in [6.45, 7) is -1.87. The van der Waals surface area contributed by atoms with E-state index in [4.69, 9.17) is 17.3 Å². The molecule has 0 fully saturated rings. The first kappa shape index (κ1) is 17.0. The van der Waals surface area contributed by atoms with E-state index in [1.54, 1.807) is 0 Å². The Balaban J connectivity index is 0.00000289. The van der Waals surface area contributed by atoms with Crippen molar-refractivity contribution in [3.8, 4) is 0 Å². The van der Waals surface area contributed by atoms with E-state index in [0.29, 0.717) is 0 Å². The van der Waals surface area contributed by atoms with Gasteiger partial charge in [-0.15, -0.1) is 12.4 Å². The minimum atomic E-state index is -3.23. The molecule has 3 nitrogen and oxygen atoms in total. The zero-order valence-corrected chi connectivity index (χ0v) is 10.6. The van der Waals surface area contributed by atoms with Gasteiger partial charge in [-0.05, 0) is 12.1 Å². The molecule has 0 radical (unpaired) electrons. The number of carbonyl (C=O) groups excluding carboxylic acids is 1. The van der Waals surface area contributed by atoms with Crippen molar-refractivity contribution in [2.45, 2.75) is 5.92 Å². The van der Waals surface area contributed by atoms with Gasteiger partial charge in [0.05, 0.1) is 23.7 Å². The molecule has 0 bridgehead atoms. The van der Waals surface area contributed by atoms with E-state index in [9.17, 15) is 18.0 Å². The zero-order chi connectivity index (χ0) is 13.1. The van der Waals surface area contributed by atoms with Crippen LogP contribution in [0.2, 0.25) is 5.02 Å². The predicted molar refractivity (Wildman–Crippen MR) is 65.0 cm³/mol. The van der Waals surface area contributed by atoms with Crippen molar-refractivity contribution in [2.24, 2.45) is 5.73 Å². The second kappa shape index (κ2) is 6.82. The summed E-state index contributed by atoms with van der Waals surface area (Å²) in [5.74, 6) is -5.10. The highest BCUT2D eigenvalue weighted by Crippen LogP contribution is 2.19. The smallest absolute Gasteiger partial charge is 0.277 e. The van der Waals surface area contributed by atoms with Gasteiger partial charge in [0.25, 0.3) is 11.8 Å². The number of hydrogen-bond acceptors (Lipinski definition) is 2. The molecule has 0 aliphatic carbocycles. The molecular weight excluding hydrogens is 292 g/mol. The summed E-state index contributed by atoms with van der Waals surface area (Å²) in [7, 11) is 0. The molecule has 0 aliphatic rings. The lowest BCUT2D eigenvalue weighted by molar-refractivity contribution is 0.0118. The monoisotopic (exact) mass is 302 g/mol. The quantitative estimate of drug-likeness (QED) is 0.896. The van der Waals surface area contributed by atoms with Crippen LogP contribution in [0, 0.1) is 5.82 Å². The van der Waals surface area contributed by atoms with Crippen LogP contribution in [-0.2, 0) is 0 Å². The SMILES string of the molecule is Cl.NCC(F)(F)CNC(=O)c1c(F)cccc1Cl. The van der Waals surface area contributed by atoms with Crippen molar-refractivity contribution in [3.05, 3.63) is 34.6 Å². The van der Waals surface area contributed by atoms with Gasteiger partial charge in [-0.3, -0.25) is 4.79 Å². The van der Waals surface area contributed by atoms with Crippen LogP contribution < -0.4 is 11.1 Å². The van der Waals surface area contributed by atoms with Gasteiger partial charge in [0, 0.05) is 0 Å². The summed E-state index contributed by atoms with van der Waals surface area (Å²) in [5.41, 5.74) is 4.33. The third-order valence-corrected chi connectivity index (χ3v) is 2.31. The molecule has 0 unspecified atom stereocenters. The van der Waals surface area contributed by atoms with Crippen molar-refractivity contribution in [3.63, 3.8) is 0 Å². The second-order valence-electron chi connectivity index (χ2n) is 3.34. The average molecular weight is 303 g/mol. The van der Waals surface area contributed by atoms with Gasteiger partial charge in [0.15, 0.2) is 0 Å². The number of nitrogens with two attached hydrogens (primary N) is 1. The number of nitrogens with one attached hydrogen (secondary N) is 1. The highest BCUT2D eigenvalue weighted by Gasteiger charge is 2.28. The van der Waals surface area contributed by atoms with Gasteiger partial charge < -0.3 is 11.1 Å². The maximum atomic E-state index is 13.2. The van der Waals surface area contributed by atoms with Crippen LogP contribution >= 0.6 is 24.0 Å². The number of rotatable bonds is 4. The first-order chi connectivity index (χ1) is 7.87. The zero-order valence-electron chi connectivity index (χ0n) is 9.05. The molecule has 1 amide bonds. The Bertz CT molecular complexity index is 409. The standard InChI is InChI=1S/C10H10ClF3N2O.ClH/c11-6-2-1-3-7(12)8(6)9(17)16-5-10(13,14)4-15;/h1-3H,4-5,15H2,(H,16,17);1H. The van der Waals surface area contributed by atoms with E-state index in [2.05, 4.69) is 0 Å². The maximum Gasteiger partial charge on any atom is 0.277 e. The van der Waals surface area contributed by atoms with Crippen LogP contribution in [0.1, 0.15) is 10.4 Å². The van der Waals surface area contributed by atoms with Gasteiger partial charge in [-0.25, -0.2) is 13.2 Å². The summed E-state index contributed by atoms with van der Waals surface area (Å²) >= 11 is 5.60. The fraction of sp³-hybridized carbons (Fsp3) is 0.300. The average Bonchev–Trinajstić information content (AvgIpc) is 2.26. The minimum Gasteiger partial charge on any atom is -0.346 e. The van der Waals surface area contributed by atoms with Crippen LogP contribution in [0.15, 0.2) is 18.2 Å². The van der Waals surface area contributed by atoms with E-state index < -0.39 is 36.3 Å². The molecule has 0 saturated heterocycles. The lowest BCUT2D eigenvalue weighted by Gasteiger charge is -2.15. The van der Waals surface area contributed by atoms with Crippen LogP contribution in [0.4, 0.5) is 13.2 Å². The molecule has 0 aliphatic heterocycles. The van der Waals surface area contributed by atoms with Crippen molar-refractivity contribution in [2.75, 3.05) is 13.1 Å². The molecule has 0 heterocycles. The van der Waals surface area contributed by atoms with Gasteiger partial charge in [0.1, 0.15) is 5.82 Å². The molecule has 3 N–H and O–H groups in total. The largest absolute Gasteiger partial charge is 0.346 e. The van der Waals surface area contributed by atoms with Crippen LogP contribution in [0.25, 0.3) is 0 Å². The maximum absolute atomic E-state index is 13.2.